The first kappa shape index (κ1) is 19.3. The van der Waals surface area contributed by atoms with Crippen LogP contribution in [-0.2, 0) is 9.53 Å². The first-order valence-corrected chi connectivity index (χ1v) is 5.05. The Morgan fingerprint density at radius 3 is 2.30 bits per heavy atom. The maximum absolute atomic E-state index is 13.4. The van der Waals surface area contributed by atoms with Crippen molar-refractivity contribution in [2.24, 2.45) is 0 Å². The van der Waals surface area contributed by atoms with E-state index in [-0.39, 0.29) is 51.4 Å². The molecule has 0 aromatic carbocycles. The van der Waals surface area contributed by atoms with E-state index in [0.717, 1.165) is 0 Å². The molecule has 0 bridgehead atoms. The molecule has 5 nitrogen and oxygen atoms in total. The van der Waals surface area contributed by atoms with Gasteiger partial charge in [-0.25, -0.2) is 14.6 Å². The molecule has 0 N–H and O–H groups in total. The maximum atomic E-state index is 13.4. The van der Waals surface area contributed by atoms with E-state index in [1.54, 1.807) is 0 Å². The number of aromatic nitrogens is 2. The SMILES string of the molecule is CC(C)(C)OC(=O)[C-](C#N)c1nc(F)nc(F)c1F.[K+]. The van der Waals surface area contributed by atoms with Gasteiger partial charge in [0.25, 0.3) is 5.97 Å². The molecule has 1 rings (SSSR count). The van der Waals surface area contributed by atoms with Crippen LogP contribution < -0.4 is 51.4 Å². The van der Waals surface area contributed by atoms with E-state index >= 15 is 0 Å². The zero-order valence-corrected chi connectivity index (χ0v) is 14.4. The van der Waals surface area contributed by atoms with Crippen LogP contribution in [-0.4, -0.2) is 21.5 Å². The number of hydrogen-bond acceptors (Lipinski definition) is 5. The smallest absolute Gasteiger partial charge is 0.469 e. The van der Waals surface area contributed by atoms with Crippen LogP contribution in [0.2, 0.25) is 0 Å². The molecular formula is C11H9F3KN3O2. The zero-order valence-electron chi connectivity index (χ0n) is 11.3. The topological polar surface area (TPSA) is 75.9 Å². The third-order valence-electron chi connectivity index (χ3n) is 1.74. The van der Waals surface area contributed by atoms with E-state index in [1.165, 1.54) is 26.8 Å². The van der Waals surface area contributed by atoms with E-state index in [1.807, 2.05) is 0 Å². The molecular weight excluding hydrogens is 302 g/mol. The van der Waals surface area contributed by atoms with Gasteiger partial charge in [-0.1, -0.05) is 0 Å². The predicted octanol–water partition coefficient (Wildman–Crippen LogP) is -1.31. The molecule has 20 heavy (non-hydrogen) atoms. The number of halogens is 3. The van der Waals surface area contributed by atoms with Crippen LogP contribution >= 0.6 is 0 Å². The fraction of sp³-hybridized carbons (Fsp3) is 0.364. The first-order valence-electron chi connectivity index (χ1n) is 5.05. The molecule has 1 heterocycles. The number of rotatable bonds is 2. The minimum Gasteiger partial charge on any atom is -0.469 e. The Labute approximate surface area is 156 Å². The van der Waals surface area contributed by atoms with Gasteiger partial charge in [0.05, 0.1) is 0 Å². The van der Waals surface area contributed by atoms with E-state index in [0.29, 0.717) is 0 Å². The standard InChI is InChI=1S/C11H9F3N3O2.K/c1-11(2,3)19-9(18)5(4-15)7-6(12)8(13)17-10(14)16-7;/h1-3H3;/q-1;+1. The fourth-order valence-electron chi connectivity index (χ4n) is 1.08. The van der Waals surface area contributed by atoms with Crippen molar-refractivity contribution < 1.29 is 74.1 Å². The van der Waals surface area contributed by atoms with Crippen LogP contribution in [0.15, 0.2) is 0 Å². The van der Waals surface area contributed by atoms with Crippen LogP contribution in [0.1, 0.15) is 26.5 Å². The van der Waals surface area contributed by atoms with Gasteiger partial charge in [-0.2, -0.15) is 9.37 Å². The van der Waals surface area contributed by atoms with E-state index in [4.69, 9.17) is 10.00 Å². The number of ether oxygens (including phenoxy) is 1. The molecule has 0 amide bonds. The summed E-state index contributed by atoms with van der Waals surface area (Å²) in [6.45, 7) is 4.53. The summed E-state index contributed by atoms with van der Waals surface area (Å²) in [4.78, 5) is 17.0. The van der Waals surface area contributed by atoms with Crippen molar-refractivity contribution in [2.45, 2.75) is 26.4 Å². The van der Waals surface area contributed by atoms with E-state index in [2.05, 4.69) is 9.97 Å². The molecule has 0 aliphatic carbocycles. The Morgan fingerprint density at radius 2 is 1.85 bits per heavy atom. The Kier molecular flexibility index (Phi) is 7.13. The minimum absolute atomic E-state index is 0. The second kappa shape index (κ2) is 7.37. The zero-order chi connectivity index (χ0) is 14.8. The summed E-state index contributed by atoms with van der Waals surface area (Å²) in [6.07, 6.45) is -1.59. The minimum atomic E-state index is -1.79. The number of nitriles is 1. The quantitative estimate of drug-likeness (QED) is 0.223. The molecule has 0 atom stereocenters. The molecule has 1 aromatic rings. The average molecular weight is 311 g/mol. The van der Waals surface area contributed by atoms with Crippen LogP contribution in [0.3, 0.4) is 0 Å². The predicted molar refractivity (Wildman–Crippen MR) is 55.7 cm³/mol. The van der Waals surface area contributed by atoms with Crippen LogP contribution in [0, 0.1) is 35.1 Å². The summed E-state index contributed by atoms with van der Waals surface area (Å²) in [6, 6.07) is 1.31. The number of hydrogen-bond donors (Lipinski definition) is 0. The third kappa shape index (κ3) is 5.03. The van der Waals surface area contributed by atoms with Gasteiger partial charge < -0.3 is 9.13 Å². The summed E-state index contributed by atoms with van der Waals surface area (Å²) < 4.78 is 43.9. The van der Waals surface area contributed by atoms with Gasteiger partial charge in [-0.05, 0) is 26.5 Å². The maximum Gasteiger partial charge on any atom is 1.00 e. The summed E-state index contributed by atoms with van der Waals surface area (Å²) >= 11 is 0. The number of nitrogens with zero attached hydrogens (tertiary/aromatic N) is 3. The summed E-state index contributed by atoms with van der Waals surface area (Å²) in [7, 11) is 0. The van der Waals surface area contributed by atoms with Crippen LogP contribution in [0.5, 0.6) is 0 Å². The normalized spacial score (nSPS) is 10.2. The Morgan fingerprint density at radius 1 is 1.30 bits per heavy atom. The van der Waals surface area contributed by atoms with Gasteiger partial charge in [0.1, 0.15) is 5.60 Å². The Balaban J connectivity index is 0.00000361. The molecule has 0 saturated heterocycles. The van der Waals surface area contributed by atoms with Gasteiger partial charge in [-0.3, -0.25) is 4.79 Å². The monoisotopic (exact) mass is 311 g/mol. The molecule has 0 spiro atoms. The molecule has 0 aliphatic heterocycles. The molecule has 102 valence electrons. The van der Waals surface area contributed by atoms with Crippen molar-refractivity contribution in [1.29, 1.82) is 5.26 Å². The van der Waals surface area contributed by atoms with Crippen molar-refractivity contribution >= 4 is 5.97 Å². The third-order valence-corrected chi connectivity index (χ3v) is 1.74. The molecule has 9 heteroatoms. The van der Waals surface area contributed by atoms with Crippen molar-refractivity contribution in [2.75, 3.05) is 0 Å². The van der Waals surface area contributed by atoms with Gasteiger partial charge in [0.15, 0.2) is 5.95 Å². The van der Waals surface area contributed by atoms with Crippen LogP contribution in [0.25, 0.3) is 0 Å². The molecule has 0 unspecified atom stereocenters. The summed E-state index contributed by atoms with van der Waals surface area (Å²) in [5, 5.41) is 8.79. The van der Waals surface area contributed by atoms with Crippen molar-refractivity contribution in [3.8, 4) is 6.07 Å². The van der Waals surface area contributed by atoms with Crippen molar-refractivity contribution in [3.05, 3.63) is 29.5 Å². The summed E-state index contributed by atoms with van der Waals surface area (Å²) in [5.74, 6) is -5.65. The second-order valence-electron chi connectivity index (χ2n) is 4.43. The van der Waals surface area contributed by atoms with E-state index < -0.39 is 41.0 Å². The Bertz CT molecular complexity index is 555. The number of carbonyl (C=O) groups excluding carboxylic acids is 1. The van der Waals surface area contributed by atoms with Gasteiger partial charge in [-0.15, -0.1) is 0 Å². The van der Waals surface area contributed by atoms with E-state index in [9.17, 15) is 18.0 Å². The molecule has 0 aliphatic rings. The number of carbonyl (C=O) groups is 1. The first-order chi connectivity index (χ1) is 8.65. The van der Waals surface area contributed by atoms with Gasteiger partial charge in [0.2, 0.25) is 0 Å². The summed E-state index contributed by atoms with van der Waals surface area (Å²) in [5.41, 5.74) is -2.03. The van der Waals surface area contributed by atoms with Crippen LogP contribution in [0.4, 0.5) is 13.2 Å². The molecule has 0 fully saturated rings. The molecule has 0 saturated carbocycles. The number of esters is 1. The molecule has 1 aromatic heterocycles. The average Bonchev–Trinajstić information content (AvgIpc) is 2.23. The van der Waals surface area contributed by atoms with Gasteiger partial charge in [0, 0.05) is 17.8 Å². The molecule has 0 radical (unpaired) electrons. The van der Waals surface area contributed by atoms with Gasteiger partial charge >= 0.3 is 57.5 Å². The second-order valence-corrected chi connectivity index (χ2v) is 4.43. The Hall–Kier alpha value is -0.664. The van der Waals surface area contributed by atoms with Crippen molar-refractivity contribution in [3.63, 3.8) is 0 Å². The fourth-order valence-corrected chi connectivity index (χ4v) is 1.08. The van der Waals surface area contributed by atoms with Crippen molar-refractivity contribution in [1.82, 2.24) is 9.97 Å². The largest absolute Gasteiger partial charge is 1.00 e.